The number of hydrogen-bond acceptors (Lipinski definition) is 2. The van der Waals surface area contributed by atoms with E-state index < -0.39 is 0 Å². The van der Waals surface area contributed by atoms with Crippen molar-refractivity contribution in [2.45, 2.75) is 6.29 Å². The fourth-order valence-electron chi connectivity index (χ4n) is 0.922. The molecular weight excluding hydrogens is 147 g/mol. The van der Waals surface area contributed by atoms with E-state index in [9.17, 15) is 0 Å². The summed E-state index contributed by atoms with van der Waals surface area (Å²) in [6.07, 6.45) is -0.271. The summed E-state index contributed by atoms with van der Waals surface area (Å²) in [7, 11) is 3.22. The Labute approximate surface area is 85.1 Å². The molecule has 0 aliphatic rings. The molecule has 12 heavy (non-hydrogen) atoms. The Hall–Kier alpha value is -0.263. The first-order chi connectivity index (χ1) is 5.38. The van der Waals surface area contributed by atoms with Gasteiger partial charge in [-0.15, -0.1) is 5.56 Å². The molecule has 0 N–H and O–H groups in total. The minimum Gasteiger partial charge on any atom is -0.362 e. The average Bonchev–Trinajstić information content (AvgIpc) is 2.09. The predicted molar refractivity (Wildman–Crippen MR) is 42.0 cm³/mol. The summed E-state index contributed by atoms with van der Waals surface area (Å²) in [5.74, 6) is 0. The minimum atomic E-state index is -0.271. The molecule has 1 rings (SSSR count). The van der Waals surface area contributed by atoms with Crippen LogP contribution in [0.1, 0.15) is 11.9 Å². The SMILES string of the molecule is COC(OC)c1c[c-]ccc1.[Li+]. The topological polar surface area (TPSA) is 18.5 Å². The van der Waals surface area contributed by atoms with Gasteiger partial charge >= 0.3 is 18.9 Å². The Balaban J connectivity index is 0.00000121. The standard InChI is InChI=1S/C9H11O2.Li/c1-10-9(11-2)8-6-4-3-5-7-8;/h3-4,6-7,9H,1-2H3;/q-1;+1. The van der Waals surface area contributed by atoms with Crippen molar-refractivity contribution in [2.75, 3.05) is 14.2 Å². The van der Waals surface area contributed by atoms with Crippen LogP contribution < -0.4 is 18.9 Å². The molecule has 1 aromatic rings. The molecule has 0 aliphatic carbocycles. The van der Waals surface area contributed by atoms with Crippen LogP contribution >= 0.6 is 0 Å². The number of ether oxygens (including phenoxy) is 2. The van der Waals surface area contributed by atoms with Gasteiger partial charge in [-0.25, -0.2) is 0 Å². The van der Waals surface area contributed by atoms with Gasteiger partial charge in [-0.1, -0.05) is 0 Å². The second-order valence-corrected chi connectivity index (χ2v) is 2.14. The molecule has 0 amide bonds. The van der Waals surface area contributed by atoms with Crippen LogP contribution in [0.5, 0.6) is 0 Å². The maximum absolute atomic E-state index is 5.04. The van der Waals surface area contributed by atoms with Crippen molar-refractivity contribution < 1.29 is 28.3 Å². The summed E-state index contributed by atoms with van der Waals surface area (Å²) in [6.45, 7) is 0. The van der Waals surface area contributed by atoms with Crippen LogP contribution in [-0.2, 0) is 9.47 Å². The summed E-state index contributed by atoms with van der Waals surface area (Å²) < 4.78 is 10.1. The third kappa shape index (κ3) is 3.00. The number of methoxy groups -OCH3 is 2. The van der Waals surface area contributed by atoms with E-state index in [1.165, 1.54) is 0 Å². The van der Waals surface area contributed by atoms with E-state index >= 15 is 0 Å². The van der Waals surface area contributed by atoms with Crippen molar-refractivity contribution in [3.8, 4) is 0 Å². The molecule has 2 nitrogen and oxygen atoms in total. The molecule has 0 saturated carbocycles. The molecule has 3 heteroatoms. The maximum Gasteiger partial charge on any atom is 1.00 e. The van der Waals surface area contributed by atoms with E-state index in [4.69, 9.17) is 9.47 Å². The zero-order valence-corrected chi connectivity index (χ0v) is 7.70. The molecule has 0 saturated heterocycles. The van der Waals surface area contributed by atoms with Gasteiger partial charge in [0.25, 0.3) is 0 Å². The number of rotatable bonds is 3. The number of hydrogen-bond donors (Lipinski definition) is 0. The fraction of sp³-hybridized carbons (Fsp3) is 0.333. The van der Waals surface area contributed by atoms with Crippen molar-refractivity contribution in [3.63, 3.8) is 0 Å². The van der Waals surface area contributed by atoms with Crippen molar-refractivity contribution in [1.29, 1.82) is 0 Å². The predicted octanol–water partition coefficient (Wildman–Crippen LogP) is -1.22. The molecule has 0 unspecified atom stereocenters. The average molecular weight is 158 g/mol. The van der Waals surface area contributed by atoms with Gasteiger partial charge in [0.2, 0.25) is 0 Å². The largest absolute Gasteiger partial charge is 1.00 e. The Bertz CT molecular complexity index is 197. The second-order valence-electron chi connectivity index (χ2n) is 2.14. The van der Waals surface area contributed by atoms with Crippen LogP contribution in [0.2, 0.25) is 0 Å². The molecular formula is C9H11LiO2. The molecule has 0 aromatic heterocycles. The van der Waals surface area contributed by atoms with Gasteiger partial charge in [-0.2, -0.15) is 30.3 Å². The van der Waals surface area contributed by atoms with Crippen molar-refractivity contribution in [2.24, 2.45) is 0 Å². The van der Waals surface area contributed by atoms with Crippen LogP contribution in [0.15, 0.2) is 24.3 Å². The van der Waals surface area contributed by atoms with Crippen LogP contribution in [0.4, 0.5) is 0 Å². The van der Waals surface area contributed by atoms with Crippen molar-refractivity contribution in [3.05, 3.63) is 35.9 Å². The van der Waals surface area contributed by atoms with E-state index in [1.807, 2.05) is 24.3 Å². The Morgan fingerprint density at radius 2 is 2.00 bits per heavy atom. The van der Waals surface area contributed by atoms with Crippen molar-refractivity contribution >= 4 is 0 Å². The Morgan fingerprint density at radius 3 is 2.42 bits per heavy atom. The molecule has 0 fully saturated rings. The van der Waals surface area contributed by atoms with Gasteiger partial charge in [-0.05, 0) is 0 Å². The molecule has 0 aliphatic heterocycles. The zero-order chi connectivity index (χ0) is 8.10. The van der Waals surface area contributed by atoms with Gasteiger partial charge in [0.05, 0.1) is 0 Å². The summed E-state index contributed by atoms with van der Waals surface area (Å²) >= 11 is 0. The number of benzene rings is 1. The van der Waals surface area contributed by atoms with E-state index in [2.05, 4.69) is 6.07 Å². The Kier molecular flexibility index (Phi) is 6.14. The molecule has 0 atom stereocenters. The summed E-state index contributed by atoms with van der Waals surface area (Å²) in [6, 6.07) is 10.5. The summed E-state index contributed by atoms with van der Waals surface area (Å²) in [4.78, 5) is 0. The van der Waals surface area contributed by atoms with Crippen LogP contribution in [0.3, 0.4) is 0 Å². The zero-order valence-electron chi connectivity index (χ0n) is 7.70. The van der Waals surface area contributed by atoms with E-state index in [1.54, 1.807) is 14.2 Å². The molecule has 0 bridgehead atoms. The van der Waals surface area contributed by atoms with Crippen LogP contribution in [-0.4, -0.2) is 14.2 Å². The smallest absolute Gasteiger partial charge is 0.362 e. The molecule has 60 valence electrons. The molecule has 0 radical (unpaired) electrons. The first kappa shape index (κ1) is 11.7. The molecule has 1 aromatic carbocycles. The second kappa shape index (κ2) is 6.28. The third-order valence-corrected chi connectivity index (χ3v) is 1.43. The monoisotopic (exact) mass is 158 g/mol. The molecule has 0 spiro atoms. The summed E-state index contributed by atoms with van der Waals surface area (Å²) in [5, 5.41) is 0. The maximum atomic E-state index is 5.04. The van der Waals surface area contributed by atoms with Gasteiger partial charge in [0, 0.05) is 14.2 Å². The molecule has 0 heterocycles. The van der Waals surface area contributed by atoms with Gasteiger partial charge < -0.3 is 9.47 Å². The quantitative estimate of drug-likeness (QED) is 0.312. The van der Waals surface area contributed by atoms with Crippen LogP contribution in [0.25, 0.3) is 0 Å². The third-order valence-electron chi connectivity index (χ3n) is 1.43. The van der Waals surface area contributed by atoms with Gasteiger partial charge in [0.1, 0.15) is 6.29 Å². The van der Waals surface area contributed by atoms with Crippen molar-refractivity contribution in [1.82, 2.24) is 0 Å². The Morgan fingerprint density at radius 1 is 1.33 bits per heavy atom. The van der Waals surface area contributed by atoms with Gasteiger partial charge in [-0.3, -0.25) is 0 Å². The van der Waals surface area contributed by atoms with E-state index in [-0.39, 0.29) is 25.2 Å². The first-order valence-corrected chi connectivity index (χ1v) is 3.40. The fourth-order valence-corrected chi connectivity index (χ4v) is 0.922. The van der Waals surface area contributed by atoms with Gasteiger partial charge in [0.15, 0.2) is 0 Å². The summed E-state index contributed by atoms with van der Waals surface area (Å²) in [5.41, 5.74) is 0.984. The van der Waals surface area contributed by atoms with E-state index in [0.717, 1.165) is 5.56 Å². The normalized spacial score (nSPS) is 9.58. The minimum absolute atomic E-state index is 0. The van der Waals surface area contributed by atoms with Crippen LogP contribution in [0, 0.1) is 6.07 Å². The van der Waals surface area contributed by atoms with E-state index in [0.29, 0.717) is 0 Å². The first-order valence-electron chi connectivity index (χ1n) is 3.40.